The fraction of sp³-hybridized carbons (Fsp3) is 0.818. The highest BCUT2D eigenvalue weighted by Gasteiger charge is 2.64. The van der Waals surface area contributed by atoms with Crippen molar-refractivity contribution in [2.24, 2.45) is 52.4 Å². The highest BCUT2D eigenvalue weighted by atomic mass is 16.2. The molecule has 0 unspecified atom stereocenters. The molecule has 1 N–H and O–H groups in total. The number of amides is 2. The number of hydrazone groups is 1. The third kappa shape index (κ3) is 1.49. The Morgan fingerprint density at radius 2 is 1.62 bits per heavy atom. The molecule has 4 heteroatoms. The van der Waals surface area contributed by atoms with Gasteiger partial charge in [-0.05, 0) is 104 Å². The van der Waals surface area contributed by atoms with Gasteiger partial charge in [-0.25, -0.2) is 9.80 Å². The van der Waals surface area contributed by atoms with Crippen LogP contribution in [0.5, 0.6) is 0 Å². The molecular weight excluding hydrogens is 322 g/mol. The molecule has 4 nitrogen and oxygen atoms in total. The second-order valence-corrected chi connectivity index (χ2v) is 10.2. The van der Waals surface area contributed by atoms with Gasteiger partial charge in [0, 0.05) is 13.0 Å². The van der Waals surface area contributed by atoms with E-state index < -0.39 is 0 Å². The molecule has 2 amide bonds. The molecule has 7 aliphatic rings. The number of hydrogen-bond donors (Lipinski definition) is 1. The maximum Gasteiger partial charge on any atom is 0.338 e. The summed E-state index contributed by atoms with van der Waals surface area (Å²) in [5.74, 6) is 6.46. The average Bonchev–Trinajstić information content (AvgIpc) is 3.43. The van der Waals surface area contributed by atoms with E-state index in [1.165, 1.54) is 57.1 Å². The summed E-state index contributed by atoms with van der Waals surface area (Å²) >= 11 is 0. The fourth-order valence-electron chi connectivity index (χ4n) is 9.18. The molecule has 0 radical (unpaired) electrons. The molecule has 0 aromatic rings. The molecule has 0 aromatic carbocycles. The lowest BCUT2D eigenvalue weighted by Crippen LogP contribution is -2.47. The van der Waals surface area contributed by atoms with Crippen LogP contribution in [0.3, 0.4) is 0 Å². The molecule has 26 heavy (non-hydrogen) atoms. The lowest BCUT2D eigenvalue weighted by Gasteiger charge is -2.36. The average molecular weight is 351 g/mol. The Balaban J connectivity index is 1.44. The van der Waals surface area contributed by atoms with E-state index in [-0.39, 0.29) is 12.1 Å². The first-order valence-corrected chi connectivity index (χ1v) is 11.1. The lowest BCUT2D eigenvalue weighted by atomic mass is 9.84. The predicted octanol–water partition coefficient (Wildman–Crippen LogP) is 3.79. The van der Waals surface area contributed by atoms with Crippen molar-refractivity contribution in [3.63, 3.8) is 0 Å². The molecule has 0 aromatic heterocycles. The summed E-state index contributed by atoms with van der Waals surface area (Å²) in [6, 6.07) is 0.306. The Hall–Kier alpha value is -1.32. The lowest BCUT2D eigenvalue weighted by molar-refractivity contribution is 0.165. The van der Waals surface area contributed by atoms with Crippen molar-refractivity contribution in [1.29, 1.82) is 0 Å². The molecule has 6 saturated carbocycles. The number of fused-ring (bicyclic) bond motifs is 6. The van der Waals surface area contributed by atoms with Gasteiger partial charge in [-0.1, -0.05) is 0 Å². The second kappa shape index (κ2) is 4.74. The molecule has 0 bridgehead atoms. The monoisotopic (exact) mass is 351 g/mol. The van der Waals surface area contributed by atoms with Gasteiger partial charge >= 0.3 is 6.03 Å². The topological polar surface area (TPSA) is 44.7 Å². The number of carbonyl (C=O) groups is 1. The summed E-state index contributed by atoms with van der Waals surface area (Å²) < 4.78 is 0. The minimum Gasteiger partial charge on any atom is -0.340 e. The first-order valence-electron chi connectivity index (χ1n) is 11.1. The fourth-order valence-corrected chi connectivity index (χ4v) is 9.18. The van der Waals surface area contributed by atoms with Gasteiger partial charge in [0.1, 0.15) is 0 Å². The van der Waals surface area contributed by atoms with Gasteiger partial charge in [-0.15, -0.1) is 0 Å². The summed E-state index contributed by atoms with van der Waals surface area (Å²) in [6.45, 7) is 0. The largest absolute Gasteiger partial charge is 0.340 e. The smallest absolute Gasteiger partial charge is 0.338 e. The number of nitrogens with zero attached hydrogens (tertiary/aromatic N) is 2. The van der Waals surface area contributed by atoms with Crippen LogP contribution in [0.1, 0.15) is 51.4 Å². The van der Waals surface area contributed by atoms with Crippen molar-refractivity contribution in [2.45, 2.75) is 57.4 Å². The van der Waals surface area contributed by atoms with Crippen LogP contribution in [0.25, 0.3) is 0 Å². The molecule has 138 valence electrons. The number of hydrogen-bond acceptors (Lipinski definition) is 2. The maximum atomic E-state index is 12.8. The van der Waals surface area contributed by atoms with Crippen molar-refractivity contribution < 1.29 is 4.79 Å². The first kappa shape index (κ1) is 14.7. The van der Waals surface area contributed by atoms with E-state index in [1.807, 2.05) is 5.01 Å². The Bertz CT molecular complexity index is 769. The Kier molecular flexibility index (Phi) is 2.68. The van der Waals surface area contributed by atoms with E-state index in [4.69, 9.17) is 5.10 Å². The van der Waals surface area contributed by atoms with Crippen LogP contribution in [0, 0.1) is 47.3 Å². The number of allylic oxidation sites excluding steroid dienone is 1. The highest BCUT2D eigenvalue weighted by Crippen LogP contribution is 2.67. The number of nitrogens with one attached hydrogen (secondary N) is 1. The van der Waals surface area contributed by atoms with E-state index in [2.05, 4.69) is 5.32 Å². The zero-order valence-electron chi connectivity index (χ0n) is 15.7. The summed E-state index contributed by atoms with van der Waals surface area (Å²) in [5.41, 5.74) is 4.78. The molecule has 7 rings (SSSR count). The Morgan fingerprint density at radius 1 is 0.923 bits per heavy atom. The van der Waals surface area contributed by atoms with E-state index in [9.17, 15) is 4.79 Å². The molecular formula is C22H29N3O. The van der Waals surface area contributed by atoms with Crippen molar-refractivity contribution in [2.75, 3.05) is 7.05 Å². The van der Waals surface area contributed by atoms with E-state index in [0.29, 0.717) is 11.8 Å². The normalized spacial score (nSPS) is 52.1. The molecule has 0 saturated heterocycles. The van der Waals surface area contributed by atoms with Crippen LogP contribution < -0.4 is 5.32 Å². The molecule has 1 aliphatic heterocycles. The van der Waals surface area contributed by atoms with Crippen LogP contribution in [0.2, 0.25) is 0 Å². The van der Waals surface area contributed by atoms with Crippen molar-refractivity contribution >= 4 is 11.7 Å². The highest BCUT2D eigenvalue weighted by molar-refractivity contribution is 6.07. The molecule has 6 aliphatic carbocycles. The number of urea groups is 1. The van der Waals surface area contributed by atoms with Crippen molar-refractivity contribution in [3.8, 4) is 0 Å². The van der Waals surface area contributed by atoms with E-state index in [1.54, 1.807) is 18.2 Å². The summed E-state index contributed by atoms with van der Waals surface area (Å²) in [6.07, 6.45) is 11.1. The van der Waals surface area contributed by atoms with Crippen LogP contribution in [-0.2, 0) is 0 Å². The van der Waals surface area contributed by atoms with Gasteiger partial charge in [0.2, 0.25) is 0 Å². The third-order valence-electron chi connectivity index (χ3n) is 9.73. The Morgan fingerprint density at radius 3 is 2.42 bits per heavy atom. The van der Waals surface area contributed by atoms with Gasteiger partial charge < -0.3 is 5.32 Å². The van der Waals surface area contributed by atoms with Gasteiger partial charge in [0.15, 0.2) is 0 Å². The first-order chi connectivity index (χ1) is 12.8. The Labute approximate surface area is 155 Å². The minimum absolute atomic E-state index is 0.0223. The minimum atomic E-state index is 0.0223. The van der Waals surface area contributed by atoms with Gasteiger partial charge in [0.05, 0.1) is 11.8 Å². The standard InChI is InChI=1S/C22H29N3O/c1-23-22(26)25-21-15-9-5-11-3-7-13(17(11)15)19(21)18-12-6-2-10-4-8-14(16(10)12)20(18)24-25/h10-17,21H,2-9H2,1H3,(H,23,26)/t10-,11+,12+,13+,14+,15-,16+,17-,21-/m0/s1. The summed E-state index contributed by atoms with van der Waals surface area (Å²) in [4.78, 5) is 12.8. The van der Waals surface area contributed by atoms with Crippen molar-refractivity contribution in [3.05, 3.63) is 11.1 Å². The molecule has 0 spiro atoms. The van der Waals surface area contributed by atoms with Gasteiger partial charge in [0.25, 0.3) is 0 Å². The second-order valence-electron chi connectivity index (χ2n) is 10.2. The maximum absolute atomic E-state index is 12.8. The van der Waals surface area contributed by atoms with Crippen LogP contribution in [0.15, 0.2) is 16.2 Å². The zero-order chi connectivity index (χ0) is 17.2. The quantitative estimate of drug-likeness (QED) is 0.709. The van der Waals surface area contributed by atoms with Crippen molar-refractivity contribution in [1.82, 2.24) is 10.3 Å². The van der Waals surface area contributed by atoms with Crippen LogP contribution >= 0.6 is 0 Å². The van der Waals surface area contributed by atoms with Gasteiger partial charge in [-0.2, -0.15) is 5.10 Å². The van der Waals surface area contributed by atoms with E-state index >= 15 is 0 Å². The number of carbonyl (C=O) groups excluding carboxylic acids is 1. The third-order valence-corrected chi connectivity index (χ3v) is 9.73. The summed E-state index contributed by atoms with van der Waals surface area (Å²) in [7, 11) is 1.77. The zero-order valence-corrected chi connectivity index (χ0v) is 15.7. The summed E-state index contributed by atoms with van der Waals surface area (Å²) in [5, 5.41) is 9.97. The SMILES string of the molecule is CNC(=O)N1N=C2C(=C3[C@@H]1[C@H]1CC[C@H]4CC[C@@H]3[C@H]41)[C@@H]1CC[C@H]3CC[C@@H]2[C@H]31. The molecule has 1 heterocycles. The predicted molar refractivity (Wildman–Crippen MR) is 99.4 cm³/mol. The van der Waals surface area contributed by atoms with E-state index in [0.717, 1.165) is 35.5 Å². The molecule has 6 fully saturated rings. The van der Waals surface area contributed by atoms with Crippen LogP contribution in [0.4, 0.5) is 4.79 Å². The molecule has 9 atom stereocenters. The van der Waals surface area contributed by atoms with Gasteiger partial charge in [-0.3, -0.25) is 0 Å². The number of rotatable bonds is 0. The van der Waals surface area contributed by atoms with Crippen LogP contribution in [-0.4, -0.2) is 29.8 Å².